The number of carboxylic acids is 2. The van der Waals surface area contributed by atoms with Crippen molar-refractivity contribution in [2.75, 3.05) is 0 Å². The second kappa shape index (κ2) is 5.60. The van der Waals surface area contributed by atoms with Crippen molar-refractivity contribution in [3.8, 4) is 0 Å². The van der Waals surface area contributed by atoms with Crippen molar-refractivity contribution in [2.45, 2.75) is 6.92 Å². The molecule has 5 nitrogen and oxygen atoms in total. The minimum atomic E-state index is -1.46. The quantitative estimate of drug-likeness (QED) is 0.485. The van der Waals surface area contributed by atoms with Crippen LogP contribution in [0.5, 0.6) is 0 Å². The van der Waals surface area contributed by atoms with Crippen molar-refractivity contribution < 1.29 is 19.8 Å². The number of carbonyl (C=O) groups is 2. The molecule has 0 atom stereocenters. The van der Waals surface area contributed by atoms with Gasteiger partial charge in [0.1, 0.15) is 0 Å². The SMILES string of the molecule is CC(=C/C(=O)[O-])/C(=C/c1cccnc1)C(=O)[O-]. The summed E-state index contributed by atoms with van der Waals surface area (Å²) in [4.78, 5) is 25.0. The number of hydrogen-bond donors (Lipinski definition) is 0. The van der Waals surface area contributed by atoms with E-state index in [0.29, 0.717) is 11.6 Å². The van der Waals surface area contributed by atoms with Gasteiger partial charge < -0.3 is 19.8 Å². The van der Waals surface area contributed by atoms with Crippen LogP contribution in [0.4, 0.5) is 0 Å². The summed E-state index contributed by atoms with van der Waals surface area (Å²) in [6.45, 7) is 1.35. The minimum absolute atomic E-state index is 0.0499. The maximum Gasteiger partial charge on any atom is 0.0718 e. The first kappa shape index (κ1) is 12.6. The largest absolute Gasteiger partial charge is 0.545 e. The molecule has 1 heterocycles. The highest BCUT2D eigenvalue weighted by atomic mass is 16.4. The van der Waals surface area contributed by atoms with Crippen LogP contribution in [0.25, 0.3) is 6.08 Å². The number of hydrogen-bond acceptors (Lipinski definition) is 5. The van der Waals surface area contributed by atoms with E-state index in [1.807, 2.05) is 0 Å². The molecule has 0 saturated heterocycles. The van der Waals surface area contributed by atoms with Crippen molar-refractivity contribution in [3.05, 3.63) is 47.3 Å². The lowest BCUT2D eigenvalue weighted by Gasteiger charge is -2.09. The van der Waals surface area contributed by atoms with E-state index in [-0.39, 0.29) is 11.1 Å². The van der Waals surface area contributed by atoms with Crippen LogP contribution in [0.15, 0.2) is 41.7 Å². The van der Waals surface area contributed by atoms with Gasteiger partial charge >= 0.3 is 0 Å². The van der Waals surface area contributed by atoms with Crippen molar-refractivity contribution >= 4 is 18.0 Å². The molecule has 1 aromatic rings. The number of pyridine rings is 1. The third-order valence-corrected chi connectivity index (χ3v) is 1.97. The van der Waals surface area contributed by atoms with E-state index in [1.165, 1.54) is 19.2 Å². The Morgan fingerprint density at radius 2 is 2.06 bits per heavy atom. The molecule has 88 valence electrons. The van der Waals surface area contributed by atoms with E-state index in [2.05, 4.69) is 4.98 Å². The molecule has 17 heavy (non-hydrogen) atoms. The maximum atomic E-state index is 10.9. The van der Waals surface area contributed by atoms with Gasteiger partial charge in [0.15, 0.2) is 0 Å². The van der Waals surface area contributed by atoms with Crippen molar-refractivity contribution in [3.63, 3.8) is 0 Å². The van der Waals surface area contributed by atoms with Crippen LogP contribution in [0.2, 0.25) is 0 Å². The van der Waals surface area contributed by atoms with E-state index < -0.39 is 11.9 Å². The summed E-state index contributed by atoms with van der Waals surface area (Å²) in [6.07, 6.45) is 4.99. The lowest BCUT2D eigenvalue weighted by atomic mass is 10.0. The normalized spacial score (nSPS) is 12.3. The third-order valence-electron chi connectivity index (χ3n) is 1.97. The molecule has 0 spiro atoms. The van der Waals surface area contributed by atoms with Crippen LogP contribution in [0, 0.1) is 0 Å². The zero-order valence-corrected chi connectivity index (χ0v) is 9.04. The molecule has 0 bridgehead atoms. The number of carbonyl (C=O) groups excluding carboxylic acids is 2. The van der Waals surface area contributed by atoms with Crippen molar-refractivity contribution in [1.82, 2.24) is 4.98 Å². The van der Waals surface area contributed by atoms with Gasteiger partial charge in [-0.25, -0.2) is 0 Å². The Balaban J connectivity index is 3.15. The molecule has 0 unspecified atom stereocenters. The van der Waals surface area contributed by atoms with E-state index in [1.54, 1.807) is 18.3 Å². The van der Waals surface area contributed by atoms with Gasteiger partial charge in [0, 0.05) is 18.0 Å². The average Bonchev–Trinajstić information content (AvgIpc) is 2.25. The van der Waals surface area contributed by atoms with E-state index in [9.17, 15) is 19.8 Å². The number of nitrogens with zero attached hydrogens (tertiary/aromatic N) is 1. The van der Waals surface area contributed by atoms with Gasteiger partial charge in [-0.15, -0.1) is 0 Å². The summed E-state index contributed by atoms with van der Waals surface area (Å²) in [5.41, 5.74) is 0.369. The molecular formula is C12H9NO4-2. The Morgan fingerprint density at radius 3 is 2.53 bits per heavy atom. The van der Waals surface area contributed by atoms with Crippen LogP contribution >= 0.6 is 0 Å². The van der Waals surface area contributed by atoms with E-state index in [4.69, 9.17) is 0 Å². The van der Waals surface area contributed by atoms with E-state index >= 15 is 0 Å². The number of aromatic nitrogens is 1. The minimum Gasteiger partial charge on any atom is -0.545 e. The predicted molar refractivity (Wildman–Crippen MR) is 56.0 cm³/mol. The van der Waals surface area contributed by atoms with Gasteiger partial charge in [-0.1, -0.05) is 6.07 Å². The summed E-state index contributed by atoms with van der Waals surface area (Å²) < 4.78 is 0. The molecule has 0 N–H and O–H groups in total. The van der Waals surface area contributed by atoms with Crippen LogP contribution in [-0.2, 0) is 9.59 Å². The molecule has 1 aromatic heterocycles. The zero-order valence-electron chi connectivity index (χ0n) is 9.04. The van der Waals surface area contributed by atoms with Gasteiger partial charge in [-0.2, -0.15) is 0 Å². The molecule has 5 heteroatoms. The fraction of sp³-hybridized carbons (Fsp3) is 0.0833. The lowest BCUT2D eigenvalue weighted by Crippen LogP contribution is -2.26. The predicted octanol–water partition coefficient (Wildman–Crippen LogP) is -1.09. The van der Waals surface area contributed by atoms with E-state index in [0.717, 1.165) is 0 Å². The van der Waals surface area contributed by atoms with Crippen molar-refractivity contribution in [1.29, 1.82) is 0 Å². The number of carboxylic acid groups (broad SMARTS) is 2. The van der Waals surface area contributed by atoms with Gasteiger partial charge in [0.05, 0.1) is 11.9 Å². The Morgan fingerprint density at radius 1 is 1.35 bits per heavy atom. The molecule has 0 aliphatic carbocycles. The standard InChI is InChI=1S/C12H11NO4/c1-8(5-11(14)15)10(12(16)17)6-9-3-2-4-13-7-9/h2-7H,1H3,(H,14,15)(H,16,17)/p-2/b8-5-,10-6-. The fourth-order valence-corrected chi connectivity index (χ4v) is 1.22. The Labute approximate surface area is 97.7 Å². The van der Waals surface area contributed by atoms with Gasteiger partial charge in [-0.05, 0) is 36.3 Å². The molecular weight excluding hydrogens is 222 g/mol. The monoisotopic (exact) mass is 231 g/mol. The molecule has 0 fully saturated rings. The fourth-order valence-electron chi connectivity index (χ4n) is 1.22. The molecule has 0 aliphatic rings. The Bertz CT molecular complexity index is 488. The highest BCUT2D eigenvalue weighted by Crippen LogP contribution is 2.13. The zero-order chi connectivity index (χ0) is 12.8. The highest BCUT2D eigenvalue weighted by molar-refractivity contribution is 5.97. The van der Waals surface area contributed by atoms with Crippen LogP contribution in [0.3, 0.4) is 0 Å². The average molecular weight is 231 g/mol. The lowest BCUT2D eigenvalue weighted by molar-refractivity contribution is -0.298. The second-order valence-electron chi connectivity index (χ2n) is 3.28. The summed E-state index contributed by atoms with van der Waals surface area (Å²) >= 11 is 0. The first-order chi connectivity index (χ1) is 8.00. The highest BCUT2D eigenvalue weighted by Gasteiger charge is 2.02. The molecule has 0 saturated carbocycles. The third kappa shape index (κ3) is 3.90. The van der Waals surface area contributed by atoms with Gasteiger partial charge in [0.25, 0.3) is 0 Å². The Hall–Kier alpha value is -2.43. The molecule has 0 amide bonds. The summed E-state index contributed by atoms with van der Waals surface area (Å²) in [7, 11) is 0. The van der Waals surface area contributed by atoms with Crippen LogP contribution < -0.4 is 10.2 Å². The number of rotatable bonds is 4. The molecule has 1 rings (SSSR count). The second-order valence-corrected chi connectivity index (χ2v) is 3.28. The molecule has 0 aliphatic heterocycles. The summed E-state index contributed by atoms with van der Waals surface area (Å²) in [5, 5.41) is 21.2. The maximum absolute atomic E-state index is 10.9. The first-order valence-corrected chi connectivity index (χ1v) is 4.73. The first-order valence-electron chi connectivity index (χ1n) is 4.73. The van der Waals surface area contributed by atoms with Gasteiger partial charge in [0.2, 0.25) is 0 Å². The molecule has 0 aromatic carbocycles. The number of aliphatic carboxylic acids is 2. The Kier molecular flexibility index (Phi) is 4.16. The summed E-state index contributed by atoms with van der Waals surface area (Å²) in [5.74, 6) is -2.91. The smallest absolute Gasteiger partial charge is 0.0718 e. The molecule has 0 radical (unpaired) electrons. The van der Waals surface area contributed by atoms with Crippen LogP contribution in [0.1, 0.15) is 12.5 Å². The van der Waals surface area contributed by atoms with Crippen molar-refractivity contribution in [2.24, 2.45) is 0 Å². The van der Waals surface area contributed by atoms with Gasteiger partial charge in [-0.3, -0.25) is 4.98 Å². The summed E-state index contributed by atoms with van der Waals surface area (Å²) in [6, 6.07) is 3.28. The topological polar surface area (TPSA) is 93.2 Å². The van der Waals surface area contributed by atoms with Crippen LogP contribution in [-0.4, -0.2) is 16.9 Å².